The molecule has 3 atom stereocenters. The summed E-state index contributed by atoms with van der Waals surface area (Å²) in [7, 11) is 0. The number of aliphatic carboxylic acids is 1. The molecule has 3 aromatic carbocycles. The fourth-order valence-electron chi connectivity index (χ4n) is 4.82. The van der Waals surface area contributed by atoms with Gasteiger partial charge in [-0.15, -0.1) is 0 Å². The molecule has 0 fully saturated rings. The molecule has 1 aliphatic heterocycles. The van der Waals surface area contributed by atoms with Crippen molar-refractivity contribution in [2.75, 3.05) is 4.90 Å². The lowest BCUT2D eigenvalue weighted by atomic mass is 9.80. The number of hydrazine groups is 1. The summed E-state index contributed by atoms with van der Waals surface area (Å²) in [6.45, 7) is 6.18. The highest BCUT2D eigenvalue weighted by Gasteiger charge is 2.46. The number of imide groups is 1. The van der Waals surface area contributed by atoms with Crippen molar-refractivity contribution >= 4 is 29.6 Å². The zero-order valence-electron chi connectivity index (χ0n) is 23.5. The van der Waals surface area contributed by atoms with Crippen molar-refractivity contribution < 1.29 is 37.8 Å². The van der Waals surface area contributed by atoms with Crippen LogP contribution in [0.2, 0.25) is 0 Å². The van der Waals surface area contributed by atoms with Crippen LogP contribution in [0.4, 0.5) is 19.3 Å². The first-order valence-electron chi connectivity index (χ1n) is 13.2. The van der Waals surface area contributed by atoms with Crippen LogP contribution in [-0.4, -0.2) is 51.7 Å². The number of carbonyl (C=O) groups excluding carboxylic acids is 3. The second-order valence-corrected chi connectivity index (χ2v) is 10.9. The van der Waals surface area contributed by atoms with Crippen LogP contribution in [0.15, 0.2) is 72.8 Å². The van der Waals surface area contributed by atoms with Crippen LogP contribution in [0, 0.1) is 11.6 Å². The molecule has 0 aromatic heterocycles. The molecule has 0 aliphatic carbocycles. The molecule has 220 valence electrons. The predicted molar refractivity (Wildman–Crippen MR) is 149 cm³/mol. The SMILES string of the molecule is C[C@@H](C(=O)O)N(N[C@H]1C(=O)N(C(=O)OC(C)(C)C)c2ccccc2[C@@H]1c1ccccc1)C(=O)Cc1cc(F)cc(F)c1. The summed E-state index contributed by atoms with van der Waals surface area (Å²) in [6, 6.07) is 15.3. The summed E-state index contributed by atoms with van der Waals surface area (Å²) in [4.78, 5) is 54.0. The molecule has 0 saturated carbocycles. The van der Waals surface area contributed by atoms with Gasteiger partial charge in [-0.1, -0.05) is 48.5 Å². The zero-order chi connectivity index (χ0) is 30.8. The quantitative estimate of drug-likeness (QED) is 0.387. The number of carboxylic acids is 1. The van der Waals surface area contributed by atoms with Gasteiger partial charge in [0.15, 0.2) is 0 Å². The van der Waals surface area contributed by atoms with Gasteiger partial charge < -0.3 is 9.84 Å². The number of anilines is 1. The minimum atomic E-state index is -1.51. The van der Waals surface area contributed by atoms with E-state index in [1.807, 2.05) is 0 Å². The van der Waals surface area contributed by atoms with Crippen molar-refractivity contribution in [2.24, 2.45) is 0 Å². The fraction of sp³-hybridized carbons (Fsp3) is 0.290. The molecule has 3 aromatic rings. The van der Waals surface area contributed by atoms with Gasteiger partial charge in [-0.25, -0.2) is 28.7 Å². The van der Waals surface area contributed by atoms with E-state index in [4.69, 9.17) is 4.74 Å². The third-order valence-corrected chi connectivity index (χ3v) is 6.64. The van der Waals surface area contributed by atoms with Gasteiger partial charge in [0, 0.05) is 12.0 Å². The molecule has 1 heterocycles. The molecule has 4 rings (SSSR count). The number of hydrogen-bond acceptors (Lipinski definition) is 6. The standard InChI is InChI=1S/C31H31F2N3O6/c1-18(29(39)40)36(25(37)16-19-14-21(32)17-22(33)15-19)34-27-26(20-10-6-5-7-11-20)23-12-8-9-13-24(23)35(28(27)38)30(41)42-31(2,3)4/h5-15,17-18,26-27,34H,16H2,1-4H3,(H,39,40)/t18-,26-,27+/m0/s1. The first kappa shape index (κ1) is 30.3. The van der Waals surface area contributed by atoms with Crippen LogP contribution in [0.5, 0.6) is 0 Å². The number of carbonyl (C=O) groups is 4. The number of halogens is 2. The van der Waals surface area contributed by atoms with Crippen molar-refractivity contribution in [3.63, 3.8) is 0 Å². The van der Waals surface area contributed by atoms with E-state index in [1.54, 1.807) is 75.4 Å². The van der Waals surface area contributed by atoms with Crippen LogP contribution in [-0.2, 0) is 25.5 Å². The van der Waals surface area contributed by atoms with Crippen molar-refractivity contribution in [1.82, 2.24) is 10.4 Å². The van der Waals surface area contributed by atoms with Gasteiger partial charge in [0.25, 0.3) is 5.91 Å². The number of hydrogen-bond donors (Lipinski definition) is 2. The molecule has 11 heteroatoms. The largest absolute Gasteiger partial charge is 0.480 e. The number of nitrogens with zero attached hydrogens (tertiary/aromatic N) is 2. The Morgan fingerprint density at radius 3 is 2.19 bits per heavy atom. The average Bonchev–Trinajstić information content (AvgIpc) is 2.90. The lowest BCUT2D eigenvalue weighted by molar-refractivity contribution is -0.153. The highest BCUT2D eigenvalue weighted by molar-refractivity contribution is 6.17. The molecule has 9 nitrogen and oxygen atoms in total. The second-order valence-electron chi connectivity index (χ2n) is 10.9. The lowest BCUT2D eigenvalue weighted by Gasteiger charge is -2.41. The van der Waals surface area contributed by atoms with Crippen LogP contribution in [0.1, 0.15) is 50.3 Å². The molecular formula is C31H31F2N3O6. The van der Waals surface area contributed by atoms with Gasteiger partial charge in [0.2, 0.25) is 5.91 Å². The van der Waals surface area contributed by atoms with E-state index in [0.29, 0.717) is 17.2 Å². The van der Waals surface area contributed by atoms with E-state index in [2.05, 4.69) is 5.43 Å². The number of para-hydroxylation sites is 1. The number of ether oxygens (including phenoxy) is 1. The van der Waals surface area contributed by atoms with E-state index in [-0.39, 0.29) is 11.3 Å². The molecule has 0 saturated heterocycles. The Kier molecular flexibility index (Phi) is 8.72. The van der Waals surface area contributed by atoms with Crippen molar-refractivity contribution in [3.05, 3.63) is 101 Å². The lowest BCUT2D eigenvalue weighted by Crippen LogP contribution is -2.63. The number of fused-ring (bicyclic) bond motifs is 1. The van der Waals surface area contributed by atoms with E-state index < -0.39 is 65.5 Å². The van der Waals surface area contributed by atoms with Gasteiger partial charge in [-0.3, -0.25) is 14.6 Å². The van der Waals surface area contributed by atoms with E-state index in [9.17, 15) is 33.1 Å². The van der Waals surface area contributed by atoms with Crippen LogP contribution < -0.4 is 10.3 Å². The maximum absolute atomic E-state index is 14.2. The smallest absolute Gasteiger partial charge is 0.421 e. The minimum absolute atomic E-state index is 0.0304. The maximum atomic E-state index is 14.2. The molecule has 0 bridgehead atoms. The van der Waals surface area contributed by atoms with Crippen molar-refractivity contribution in [2.45, 2.75) is 57.7 Å². The predicted octanol–water partition coefficient (Wildman–Crippen LogP) is 4.80. The molecule has 0 radical (unpaired) electrons. The highest BCUT2D eigenvalue weighted by atomic mass is 19.1. The first-order valence-corrected chi connectivity index (χ1v) is 13.2. The van der Waals surface area contributed by atoms with Crippen molar-refractivity contribution in [3.8, 4) is 0 Å². The molecule has 3 amide bonds. The molecule has 42 heavy (non-hydrogen) atoms. The Labute approximate surface area is 241 Å². The zero-order valence-corrected chi connectivity index (χ0v) is 23.5. The van der Waals surface area contributed by atoms with E-state index in [1.165, 1.54) is 6.92 Å². The van der Waals surface area contributed by atoms with Crippen LogP contribution >= 0.6 is 0 Å². The Hall–Kier alpha value is -4.64. The summed E-state index contributed by atoms with van der Waals surface area (Å²) in [5.41, 5.74) is 3.31. The molecule has 0 spiro atoms. The van der Waals surface area contributed by atoms with Crippen LogP contribution in [0.25, 0.3) is 0 Å². The van der Waals surface area contributed by atoms with Gasteiger partial charge in [0.05, 0.1) is 12.1 Å². The maximum Gasteiger partial charge on any atom is 0.421 e. The summed E-state index contributed by atoms with van der Waals surface area (Å²) in [5.74, 6) is -5.62. The monoisotopic (exact) mass is 579 g/mol. The van der Waals surface area contributed by atoms with Gasteiger partial charge in [0.1, 0.15) is 29.3 Å². The van der Waals surface area contributed by atoms with Crippen molar-refractivity contribution in [1.29, 1.82) is 0 Å². The first-order chi connectivity index (χ1) is 19.8. The average molecular weight is 580 g/mol. The number of benzene rings is 3. The molecule has 1 aliphatic rings. The summed E-state index contributed by atoms with van der Waals surface area (Å²) >= 11 is 0. The van der Waals surface area contributed by atoms with Gasteiger partial charge in [-0.2, -0.15) is 0 Å². The van der Waals surface area contributed by atoms with E-state index >= 15 is 0 Å². The Morgan fingerprint density at radius 2 is 1.60 bits per heavy atom. The minimum Gasteiger partial charge on any atom is -0.480 e. The Bertz CT molecular complexity index is 1490. The Morgan fingerprint density at radius 1 is 1.00 bits per heavy atom. The summed E-state index contributed by atoms with van der Waals surface area (Å²) in [6.07, 6.45) is -1.51. The molecule has 0 unspecified atom stereocenters. The van der Waals surface area contributed by atoms with Gasteiger partial charge in [-0.05, 0) is 62.6 Å². The summed E-state index contributed by atoms with van der Waals surface area (Å²) in [5, 5.41) is 10.6. The fourth-order valence-corrected chi connectivity index (χ4v) is 4.82. The number of amides is 3. The van der Waals surface area contributed by atoms with Crippen LogP contribution in [0.3, 0.4) is 0 Å². The molecule has 2 N–H and O–H groups in total. The normalized spacial score (nSPS) is 17.3. The topological polar surface area (TPSA) is 116 Å². The van der Waals surface area contributed by atoms with Gasteiger partial charge >= 0.3 is 12.1 Å². The molecular weight excluding hydrogens is 548 g/mol. The second kappa shape index (κ2) is 12.1. The highest BCUT2D eigenvalue weighted by Crippen LogP contribution is 2.41. The number of carboxylic acid groups (broad SMARTS) is 1. The number of rotatable bonds is 7. The summed E-state index contributed by atoms with van der Waals surface area (Å²) < 4.78 is 33.2. The Balaban J connectivity index is 1.82. The third-order valence-electron chi connectivity index (χ3n) is 6.64. The third kappa shape index (κ3) is 6.63. The number of nitrogens with one attached hydrogen (secondary N) is 1. The van der Waals surface area contributed by atoms with E-state index in [0.717, 1.165) is 22.0 Å².